The molecule has 8 aromatic carbocycles. The fourth-order valence-electron chi connectivity index (χ4n) is 9.74. The highest BCUT2D eigenvalue weighted by molar-refractivity contribution is 6.06. The molecule has 2 heteroatoms. The Bertz CT molecular complexity index is 2880. The maximum absolute atomic E-state index is 6.18. The van der Waals surface area contributed by atoms with Crippen LogP contribution in [0.2, 0.25) is 0 Å². The SMILES string of the molecule is CC1(C)c2ccccc2C2(c3ccccc3-c3ccc(N(c4ccccc4)c4cccc(-c5ccc6oc7ccccc7c6c5)c4)cc32)c2ccccc21. The molecule has 2 nitrogen and oxygen atoms in total. The Morgan fingerprint density at radius 1 is 0.370 bits per heavy atom. The maximum atomic E-state index is 6.18. The second-order valence-electron chi connectivity index (χ2n) is 15.3. The van der Waals surface area contributed by atoms with Crippen LogP contribution >= 0.6 is 0 Å². The minimum Gasteiger partial charge on any atom is -0.456 e. The van der Waals surface area contributed by atoms with E-state index in [1.54, 1.807) is 0 Å². The van der Waals surface area contributed by atoms with Gasteiger partial charge in [0.05, 0.1) is 5.41 Å². The second-order valence-corrected chi connectivity index (χ2v) is 15.3. The lowest BCUT2D eigenvalue weighted by atomic mass is 9.55. The van der Waals surface area contributed by atoms with Crippen molar-refractivity contribution < 1.29 is 4.42 Å². The van der Waals surface area contributed by atoms with Crippen molar-refractivity contribution in [1.82, 2.24) is 0 Å². The molecular weight excluding hydrogens is 655 g/mol. The van der Waals surface area contributed by atoms with Gasteiger partial charge in [0.1, 0.15) is 11.2 Å². The summed E-state index contributed by atoms with van der Waals surface area (Å²) in [6, 6.07) is 69.1. The quantitative estimate of drug-likeness (QED) is 0.183. The molecular formula is C52H37NO. The third-order valence-corrected chi connectivity index (χ3v) is 12.1. The van der Waals surface area contributed by atoms with E-state index in [-0.39, 0.29) is 5.41 Å². The molecule has 9 aromatic rings. The molecule has 0 amide bonds. The van der Waals surface area contributed by atoms with Crippen LogP contribution in [-0.4, -0.2) is 0 Å². The highest BCUT2D eigenvalue weighted by Crippen LogP contribution is 2.62. The molecule has 0 unspecified atom stereocenters. The molecule has 0 atom stereocenters. The third-order valence-electron chi connectivity index (χ3n) is 12.1. The Labute approximate surface area is 315 Å². The summed E-state index contributed by atoms with van der Waals surface area (Å²) in [5, 5.41) is 2.27. The van der Waals surface area contributed by atoms with E-state index < -0.39 is 5.41 Å². The molecule has 54 heavy (non-hydrogen) atoms. The molecule has 11 rings (SSSR count). The van der Waals surface area contributed by atoms with Crippen molar-refractivity contribution in [3.63, 3.8) is 0 Å². The minimum absolute atomic E-state index is 0.143. The van der Waals surface area contributed by atoms with Crippen molar-refractivity contribution in [2.75, 3.05) is 4.90 Å². The van der Waals surface area contributed by atoms with Gasteiger partial charge in [0.25, 0.3) is 0 Å². The average Bonchev–Trinajstić information content (AvgIpc) is 3.74. The van der Waals surface area contributed by atoms with E-state index in [1.807, 2.05) is 12.1 Å². The Morgan fingerprint density at radius 2 is 0.944 bits per heavy atom. The summed E-state index contributed by atoms with van der Waals surface area (Å²) in [5.41, 5.74) is 17.6. The first-order valence-electron chi connectivity index (χ1n) is 18.8. The molecule has 2 aliphatic carbocycles. The predicted molar refractivity (Wildman–Crippen MR) is 223 cm³/mol. The number of hydrogen-bond donors (Lipinski definition) is 0. The topological polar surface area (TPSA) is 16.4 Å². The first-order chi connectivity index (χ1) is 26.5. The van der Waals surface area contributed by atoms with Crippen molar-refractivity contribution in [3.8, 4) is 22.3 Å². The molecule has 0 saturated carbocycles. The van der Waals surface area contributed by atoms with Gasteiger partial charge in [-0.1, -0.05) is 147 Å². The normalized spacial score (nSPS) is 14.4. The maximum Gasteiger partial charge on any atom is 0.135 e. The predicted octanol–water partition coefficient (Wildman–Crippen LogP) is 13.7. The van der Waals surface area contributed by atoms with E-state index >= 15 is 0 Å². The zero-order valence-corrected chi connectivity index (χ0v) is 30.3. The number of anilines is 3. The van der Waals surface area contributed by atoms with Crippen LogP contribution < -0.4 is 4.90 Å². The van der Waals surface area contributed by atoms with Gasteiger partial charge < -0.3 is 9.32 Å². The summed E-state index contributed by atoms with van der Waals surface area (Å²) in [7, 11) is 0. The van der Waals surface area contributed by atoms with Crippen LogP contribution in [0.15, 0.2) is 192 Å². The first-order valence-corrected chi connectivity index (χ1v) is 18.8. The van der Waals surface area contributed by atoms with Crippen LogP contribution in [0.3, 0.4) is 0 Å². The zero-order chi connectivity index (χ0) is 36.0. The second kappa shape index (κ2) is 11.4. The average molecular weight is 692 g/mol. The third kappa shape index (κ3) is 4.22. The number of furan rings is 1. The molecule has 1 aromatic heterocycles. The van der Waals surface area contributed by atoms with E-state index in [0.717, 1.165) is 50.1 Å². The van der Waals surface area contributed by atoms with Crippen LogP contribution in [0.1, 0.15) is 47.2 Å². The van der Waals surface area contributed by atoms with Gasteiger partial charge in [-0.2, -0.15) is 0 Å². The molecule has 1 spiro atoms. The number of hydrogen-bond acceptors (Lipinski definition) is 2. The Morgan fingerprint density at radius 3 is 1.72 bits per heavy atom. The fourth-order valence-corrected chi connectivity index (χ4v) is 9.74. The molecule has 0 fully saturated rings. The lowest BCUT2D eigenvalue weighted by Crippen LogP contribution is -2.40. The molecule has 0 aliphatic heterocycles. The number of benzene rings is 8. The number of para-hydroxylation sites is 2. The van der Waals surface area contributed by atoms with Crippen LogP contribution in [0.4, 0.5) is 17.1 Å². The van der Waals surface area contributed by atoms with Gasteiger partial charge in [0.15, 0.2) is 0 Å². The van der Waals surface area contributed by atoms with E-state index in [0.29, 0.717) is 0 Å². The smallest absolute Gasteiger partial charge is 0.135 e. The molecule has 2 aliphatic rings. The molecule has 0 bridgehead atoms. The Balaban J connectivity index is 1.14. The van der Waals surface area contributed by atoms with Gasteiger partial charge in [0, 0.05) is 33.2 Å². The zero-order valence-electron chi connectivity index (χ0n) is 30.3. The lowest BCUT2D eigenvalue weighted by Gasteiger charge is -2.46. The van der Waals surface area contributed by atoms with Crippen LogP contribution in [0.5, 0.6) is 0 Å². The van der Waals surface area contributed by atoms with Crippen molar-refractivity contribution in [2.45, 2.75) is 24.7 Å². The van der Waals surface area contributed by atoms with Gasteiger partial charge in [0.2, 0.25) is 0 Å². The summed E-state index contributed by atoms with van der Waals surface area (Å²) in [5.74, 6) is 0. The first kappa shape index (κ1) is 30.9. The van der Waals surface area contributed by atoms with Crippen LogP contribution in [0.25, 0.3) is 44.2 Å². The van der Waals surface area contributed by atoms with Crippen LogP contribution in [0, 0.1) is 0 Å². The van der Waals surface area contributed by atoms with Crippen molar-refractivity contribution in [2.24, 2.45) is 0 Å². The Hall–Kier alpha value is -6.64. The molecule has 256 valence electrons. The summed E-state index contributed by atoms with van der Waals surface area (Å²) >= 11 is 0. The summed E-state index contributed by atoms with van der Waals surface area (Å²) < 4.78 is 6.18. The van der Waals surface area contributed by atoms with E-state index in [4.69, 9.17) is 4.42 Å². The summed E-state index contributed by atoms with van der Waals surface area (Å²) in [4.78, 5) is 2.41. The summed E-state index contributed by atoms with van der Waals surface area (Å²) in [6.45, 7) is 4.76. The molecule has 0 saturated heterocycles. The van der Waals surface area contributed by atoms with Gasteiger partial charge in [-0.25, -0.2) is 0 Å². The van der Waals surface area contributed by atoms with Gasteiger partial charge in [-0.3, -0.25) is 0 Å². The standard InChI is InChI=1S/C52H37NO/c1-51(2)44-22-9-11-24-46(44)52(47-25-12-10-23-45(47)51)43-21-8-6-19-39(43)40-29-28-38(33-48(40)52)53(36-16-4-3-5-17-36)37-18-14-15-34(31-37)35-27-30-50-42(32-35)41-20-7-13-26-49(41)54-50/h3-33H,1-2H3. The molecule has 1 heterocycles. The van der Waals surface area contributed by atoms with Gasteiger partial charge >= 0.3 is 0 Å². The van der Waals surface area contributed by atoms with E-state index in [2.05, 4.69) is 195 Å². The van der Waals surface area contributed by atoms with Crippen molar-refractivity contribution >= 4 is 39.0 Å². The lowest BCUT2D eigenvalue weighted by molar-refractivity contribution is 0.563. The van der Waals surface area contributed by atoms with Gasteiger partial charge in [-0.15, -0.1) is 0 Å². The number of fused-ring (bicyclic) bond motifs is 12. The number of rotatable bonds is 4. The molecule has 0 radical (unpaired) electrons. The minimum atomic E-state index is -0.461. The number of nitrogens with zero attached hydrogens (tertiary/aromatic N) is 1. The van der Waals surface area contributed by atoms with Crippen molar-refractivity contribution in [3.05, 3.63) is 221 Å². The van der Waals surface area contributed by atoms with E-state index in [9.17, 15) is 0 Å². The van der Waals surface area contributed by atoms with Gasteiger partial charge in [-0.05, 0) is 110 Å². The Kier molecular flexibility index (Phi) is 6.55. The molecule has 0 N–H and O–H groups in total. The highest BCUT2D eigenvalue weighted by Gasteiger charge is 2.53. The summed E-state index contributed by atoms with van der Waals surface area (Å²) in [6.07, 6.45) is 0. The van der Waals surface area contributed by atoms with E-state index in [1.165, 1.54) is 44.5 Å². The fraction of sp³-hybridized carbons (Fsp3) is 0.0769. The van der Waals surface area contributed by atoms with Crippen molar-refractivity contribution in [1.29, 1.82) is 0 Å². The highest BCUT2D eigenvalue weighted by atomic mass is 16.3. The monoisotopic (exact) mass is 691 g/mol. The van der Waals surface area contributed by atoms with Crippen LogP contribution in [-0.2, 0) is 10.8 Å². The largest absolute Gasteiger partial charge is 0.456 e.